The number of halogens is 3. The third kappa shape index (κ3) is 6.75. The van der Waals surface area contributed by atoms with Crippen molar-refractivity contribution < 1.29 is 41.2 Å². The van der Waals surface area contributed by atoms with Crippen molar-refractivity contribution in [2.24, 2.45) is 5.92 Å². The fraction of sp³-hybridized carbons (Fsp3) is 0.600. The number of rotatable bonds is 9. The van der Waals surface area contributed by atoms with Crippen molar-refractivity contribution in [1.82, 2.24) is 4.72 Å². The summed E-state index contributed by atoms with van der Waals surface area (Å²) in [6.45, 7) is 6.95. The smallest absolute Gasteiger partial charge is 0.457 e. The van der Waals surface area contributed by atoms with Gasteiger partial charge in [-0.05, 0) is 51.5 Å². The van der Waals surface area contributed by atoms with Crippen LogP contribution in [0, 0.1) is 5.92 Å². The maximum Gasteiger partial charge on any atom is 0.573 e. The van der Waals surface area contributed by atoms with Crippen LogP contribution in [0.5, 0.6) is 5.75 Å². The van der Waals surface area contributed by atoms with E-state index in [1.165, 1.54) is 0 Å². The van der Waals surface area contributed by atoms with Gasteiger partial charge in [-0.3, -0.25) is 9.59 Å². The highest BCUT2D eigenvalue weighted by Crippen LogP contribution is 2.32. The molecule has 1 N–H and O–H groups in total. The summed E-state index contributed by atoms with van der Waals surface area (Å²) in [6, 6.07) is 4.32. The van der Waals surface area contributed by atoms with Gasteiger partial charge < -0.3 is 14.2 Å². The lowest BCUT2D eigenvalue weighted by atomic mass is 9.81. The van der Waals surface area contributed by atoms with Crippen molar-refractivity contribution in [1.29, 1.82) is 0 Å². The first kappa shape index (κ1) is 25.3. The largest absolute Gasteiger partial charge is 0.573 e. The summed E-state index contributed by atoms with van der Waals surface area (Å²) >= 11 is 0. The molecule has 11 heteroatoms. The number of benzene rings is 1. The molecule has 0 aliphatic carbocycles. The number of carbonyl (C=O) groups excluding carboxylic acids is 2. The molecular formula is C20H26F3NO6S. The van der Waals surface area contributed by atoms with Crippen LogP contribution in [0.2, 0.25) is 0 Å². The summed E-state index contributed by atoms with van der Waals surface area (Å²) in [7, 11) is -1.44. The lowest BCUT2D eigenvalue weighted by molar-refractivity contribution is -0.274. The number of nitrogens with one attached hydrogen (secondary N) is 1. The third-order valence-electron chi connectivity index (χ3n) is 4.69. The second-order valence-corrected chi connectivity index (χ2v) is 10.2. The van der Waals surface area contributed by atoms with E-state index in [9.17, 15) is 27.0 Å². The molecule has 1 aromatic rings. The van der Waals surface area contributed by atoms with Crippen LogP contribution in [-0.4, -0.2) is 52.4 Å². The molecule has 7 nitrogen and oxygen atoms in total. The van der Waals surface area contributed by atoms with E-state index in [0.29, 0.717) is 6.42 Å². The molecule has 1 fully saturated rings. The molecule has 1 aliphatic heterocycles. The topological polar surface area (TPSA) is 90.9 Å². The van der Waals surface area contributed by atoms with E-state index < -0.39 is 57.7 Å². The second-order valence-electron chi connectivity index (χ2n) is 8.20. The Morgan fingerprint density at radius 2 is 1.77 bits per heavy atom. The molecule has 1 aliphatic rings. The molecule has 2 unspecified atom stereocenters. The Morgan fingerprint density at radius 1 is 1.19 bits per heavy atom. The fourth-order valence-corrected chi connectivity index (χ4v) is 3.87. The Hall–Kier alpha value is -1.98. The minimum Gasteiger partial charge on any atom is -0.457 e. The molecule has 1 heterocycles. The molecular weight excluding hydrogens is 439 g/mol. The first-order valence-electron chi connectivity index (χ1n) is 9.60. The SMILES string of the molecule is CCC(C(=O)OCC(=O)c1ccc(OC(F)(F)F)cc1)C1(NS(=O)C(C)(C)C)COC1. The normalized spacial score (nSPS) is 17.9. The molecule has 0 saturated carbocycles. The van der Waals surface area contributed by atoms with Crippen LogP contribution in [0.1, 0.15) is 44.5 Å². The predicted octanol–water partition coefficient (Wildman–Crippen LogP) is 3.16. The summed E-state index contributed by atoms with van der Waals surface area (Å²) in [5.41, 5.74) is -0.784. The van der Waals surface area contributed by atoms with Gasteiger partial charge in [-0.25, -0.2) is 8.93 Å². The Morgan fingerprint density at radius 3 is 2.19 bits per heavy atom. The number of Topliss-reactive ketones (excluding diaryl/α,β-unsaturated/α-hetero) is 1. The molecule has 0 radical (unpaired) electrons. The van der Waals surface area contributed by atoms with Crippen molar-refractivity contribution in [2.75, 3.05) is 19.8 Å². The summed E-state index contributed by atoms with van der Waals surface area (Å²) in [5.74, 6) is -2.37. The lowest BCUT2D eigenvalue weighted by Gasteiger charge is -2.46. The predicted molar refractivity (Wildman–Crippen MR) is 107 cm³/mol. The van der Waals surface area contributed by atoms with E-state index in [1.54, 1.807) is 27.7 Å². The quantitative estimate of drug-likeness (QED) is 0.445. The Balaban J connectivity index is 1.99. The lowest BCUT2D eigenvalue weighted by Crippen LogP contribution is -2.68. The number of carbonyl (C=O) groups is 2. The van der Waals surface area contributed by atoms with Crippen molar-refractivity contribution in [3.05, 3.63) is 29.8 Å². The zero-order valence-electron chi connectivity index (χ0n) is 17.7. The average molecular weight is 465 g/mol. The minimum absolute atomic E-state index is 0.0732. The maximum atomic E-state index is 12.7. The highest BCUT2D eigenvalue weighted by atomic mass is 32.2. The van der Waals surface area contributed by atoms with Crippen LogP contribution in [0.25, 0.3) is 0 Å². The second kappa shape index (κ2) is 9.66. The van der Waals surface area contributed by atoms with Gasteiger partial charge in [-0.1, -0.05) is 6.92 Å². The van der Waals surface area contributed by atoms with Crippen LogP contribution in [0.4, 0.5) is 13.2 Å². The zero-order chi connectivity index (χ0) is 23.4. The summed E-state index contributed by atoms with van der Waals surface area (Å²) in [5, 5.41) is 0. The van der Waals surface area contributed by atoms with Crippen LogP contribution in [0.3, 0.4) is 0 Å². The number of esters is 1. The van der Waals surface area contributed by atoms with Gasteiger partial charge in [0.25, 0.3) is 0 Å². The van der Waals surface area contributed by atoms with Crippen LogP contribution in [-0.2, 0) is 25.3 Å². The molecule has 2 atom stereocenters. The first-order valence-corrected chi connectivity index (χ1v) is 10.8. The molecule has 2 rings (SSSR count). The number of hydrogen-bond donors (Lipinski definition) is 1. The average Bonchev–Trinajstić information content (AvgIpc) is 2.62. The maximum absolute atomic E-state index is 12.7. The first-order chi connectivity index (χ1) is 14.3. The van der Waals surface area contributed by atoms with Gasteiger partial charge in [0.15, 0.2) is 12.4 Å². The number of ether oxygens (including phenoxy) is 3. The van der Waals surface area contributed by atoms with Gasteiger partial charge in [0.1, 0.15) is 5.75 Å². The highest BCUT2D eigenvalue weighted by Gasteiger charge is 2.51. The van der Waals surface area contributed by atoms with Crippen molar-refractivity contribution in [3.8, 4) is 5.75 Å². The fourth-order valence-electron chi connectivity index (χ4n) is 2.94. The van der Waals surface area contributed by atoms with Gasteiger partial charge in [0.2, 0.25) is 0 Å². The molecule has 0 aromatic heterocycles. The molecule has 0 bridgehead atoms. The molecule has 174 valence electrons. The van der Waals surface area contributed by atoms with E-state index in [2.05, 4.69) is 9.46 Å². The molecule has 0 amide bonds. The van der Waals surface area contributed by atoms with Crippen molar-refractivity contribution in [2.45, 2.75) is 50.8 Å². The van der Waals surface area contributed by atoms with Gasteiger partial charge in [-0.2, -0.15) is 0 Å². The van der Waals surface area contributed by atoms with Crippen molar-refractivity contribution >= 4 is 22.7 Å². The van der Waals surface area contributed by atoms with Gasteiger partial charge in [-0.15, -0.1) is 13.2 Å². The van der Waals surface area contributed by atoms with Gasteiger partial charge in [0, 0.05) is 5.56 Å². The standard InChI is InChI=1S/C20H26F3NO6S/c1-5-15(19(11-28-12-19)24-31(27)18(2,3)4)17(26)29-10-16(25)13-6-8-14(9-7-13)30-20(21,22)23/h6-9,15,24H,5,10-12H2,1-4H3. The van der Waals surface area contributed by atoms with Crippen LogP contribution < -0.4 is 9.46 Å². The monoisotopic (exact) mass is 465 g/mol. The highest BCUT2D eigenvalue weighted by molar-refractivity contribution is 7.84. The van der Waals surface area contributed by atoms with Gasteiger partial charge in [0.05, 0.1) is 40.4 Å². The summed E-state index contributed by atoms with van der Waals surface area (Å²) in [4.78, 5) is 24.9. The van der Waals surface area contributed by atoms with E-state index in [4.69, 9.17) is 9.47 Å². The van der Waals surface area contributed by atoms with E-state index in [-0.39, 0.29) is 18.8 Å². The number of alkyl halides is 3. The molecule has 0 spiro atoms. The Bertz CT molecular complexity index is 816. The minimum atomic E-state index is -4.83. The Kier molecular flexibility index (Phi) is 7.88. The van der Waals surface area contributed by atoms with Crippen LogP contribution in [0.15, 0.2) is 24.3 Å². The Labute approximate surface area is 181 Å². The zero-order valence-corrected chi connectivity index (χ0v) is 18.5. The number of hydrogen-bond acceptors (Lipinski definition) is 6. The third-order valence-corrected chi connectivity index (χ3v) is 6.39. The summed E-state index contributed by atoms with van der Waals surface area (Å²) in [6.07, 6.45) is -4.46. The molecule has 31 heavy (non-hydrogen) atoms. The van der Waals surface area contributed by atoms with E-state index in [0.717, 1.165) is 24.3 Å². The molecule has 1 saturated heterocycles. The van der Waals surface area contributed by atoms with Crippen LogP contribution >= 0.6 is 0 Å². The van der Waals surface area contributed by atoms with E-state index in [1.807, 2.05) is 0 Å². The summed E-state index contributed by atoms with van der Waals surface area (Å²) < 4.78 is 65.8. The molecule has 1 aromatic carbocycles. The number of ketones is 1. The van der Waals surface area contributed by atoms with Gasteiger partial charge >= 0.3 is 12.3 Å². The van der Waals surface area contributed by atoms with E-state index >= 15 is 0 Å². The van der Waals surface area contributed by atoms with Crippen molar-refractivity contribution in [3.63, 3.8) is 0 Å².